The van der Waals surface area contributed by atoms with Gasteiger partial charge in [0, 0.05) is 25.1 Å². The zero-order valence-electron chi connectivity index (χ0n) is 16.4. The van der Waals surface area contributed by atoms with E-state index in [0.717, 1.165) is 0 Å². The van der Waals surface area contributed by atoms with Gasteiger partial charge < -0.3 is 19.7 Å². The molecule has 1 saturated heterocycles. The van der Waals surface area contributed by atoms with Crippen LogP contribution in [0.3, 0.4) is 0 Å². The quantitative estimate of drug-likeness (QED) is 0.392. The molecule has 1 N–H and O–H groups in total. The molecule has 0 radical (unpaired) electrons. The molecule has 1 aliphatic rings. The number of amides is 2. The number of para-hydroxylation sites is 1. The highest BCUT2D eigenvalue weighted by Crippen LogP contribution is 2.31. The van der Waals surface area contributed by atoms with Crippen molar-refractivity contribution in [3.8, 4) is 5.75 Å². The molecule has 10 nitrogen and oxygen atoms in total. The summed E-state index contributed by atoms with van der Waals surface area (Å²) in [6, 6.07) is 10.6. The van der Waals surface area contributed by atoms with Crippen molar-refractivity contribution in [1.82, 2.24) is 0 Å². The second-order valence-electron chi connectivity index (χ2n) is 6.65. The summed E-state index contributed by atoms with van der Waals surface area (Å²) in [4.78, 5) is 48.7. The van der Waals surface area contributed by atoms with E-state index in [1.807, 2.05) is 0 Å². The van der Waals surface area contributed by atoms with E-state index >= 15 is 0 Å². The SMILES string of the molecule is COc1ccc([N+](=O)[O-])c(NC(=O)COC(=O)[C@H]2CC(=O)N(c3ccccc3Cl)C2)c1. The van der Waals surface area contributed by atoms with E-state index in [9.17, 15) is 24.5 Å². The van der Waals surface area contributed by atoms with Crippen molar-refractivity contribution in [3.05, 3.63) is 57.6 Å². The first-order valence-electron chi connectivity index (χ1n) is 9.14. The minimum atomic E-state index is -0.767. The van der Waals surface area contributed by atoms with Gasteiger partial charge in [0.25, 0.3) is 11.6 Å². The van der Waals surface area contributed by atoms with Crippen LogP contribution < -0.4 is 15.0 Å². The van der Waals surface area contributed by atoms with Crippen LogP contribution in [0.2, 0.25) is 5.02 Å². The van der Waals surface area contributed by atoms with Gasteiger partial charge >= 0.3 is 5.97 Å². The monoisotopic (exact) mass is 447 g/mol. The number of carbonyl (C=O) groups excluding carboxylic acids is 3. The van der Waals surface area contributed by atoms with Crippen molar-refractivity contribution in [3.63, 3.8) is 0 Å². The lowest BCUT2D eigenvalue weighted by atomic mass is 10.1. The van der Waals surface area contributed by atoms with Crippen molar-refractivity contribution in [1.29, 1.82) is 0 Å². The van der Waals surface area contributed by atoms with Crippen LogP contribution in [0.4, 0.5) is 17.1 Å². The molecule has 11 heteroatoms. The summed E-state index contributed by atoms with van der Waals surface area (Å²) in [5.74, 6) is -2.23. The molecule has 0 bridgehead atoms. The summed E-state index contributed by atoms with van der Waals surface area (Å²) in [7, 11) is 1.38. The summed E-state index contributed by atoms with van der Waals surface area (Å²) in [5, 5.41) is 13.8. The molecular weight excluding hydrogens is 430 g/mol. The molecule has 1 heterocycles. The number of nitrogens with zero attached hydrogens (tertiary/aromatic N) is 2. The third-order valence-electron chi connectivity index (χ3n) is 4.62. The van der Waals surface area contributed by atoms with Crippen LogP contribution in [0, 0.1) is 16.0 Å². The normalized spacial score (nSPS) is 15.5. The molecule has 0 spiro atoms. The molecule has 2 amide bonds. The fourth-order valence-corrected chi connectivity index (χ4v) is 3.35. The topological polar surface area (TPSA) is 128 Å². The number of ether oxygens (including phenoxy) is 2. The van der Waals surface area contributed by atoms with Gasteiger partial charge in [-0.2, -0.15) is 0 Å². The third kappa shape index (κ3) is 5.10. The fourth-order valence-electron chi connectivity index (χ4n) is 3.11. The van der Waals surface area contributed by atoms with Gasteiger partial charge in [-0.15, -0.1) is 0 Å². The van der Waals surface area contributed by atoms with Crippen LogP contribution in [-0.4, -0.2) is 43.0 Å². The Bertz CT molecular complexity index is 1040. The number of benzene rings is 2. The summed E-state index contributed by atoms with van der Waals surface area (Å²) in [5.41, 5.74) is 0.0659. The second-order valence-corrected chi connectivity index (χ2v) is 7.06. The number of hydrogen-bond donors (Lipinski definition) is 1. The zero-order chi connectivity index (χ0) is 22.5. The number of nitrogens with one attached hydrogen (secondary N) is 1. The first-order valence-corrected chi connectivity index (χ1v) is 9.51. The number of carbonyl (C=O) groups is 3. The Morgan fingerprint density at radius 1 is 1.29 bits per heavy atom. The summed E-state index contributed by atoms with van der Waals surface area (Å²) in [6.07, 6.45) is -0.0764. The second kappa shape index (κ2) is 9.43. The Labute approximate surface area is 181 Å². The third-order valence-corrected chi connectivity index (χ3v) is 4.94. The minimum absolute atomic E-state index is 0.0738. The highest BCUT2D eigenvalue weighted by molar-refractivity contribution is 6.33. The molecule has 162 valence electrons. The molecule has 0 aliphatic carbocycles. The molecule has 1 fully saturated rings. The average molecular weight is 448 g/mol. The summed E-state index contributed by atoms with van der Waals surface area (Å²) >= 11 is 6.11. The van der Waals surface area contributed by atoms with E-state index in [1.54, 1.807) is 24.3 Å². The fraction of sp³-hybridized carbons (Fsp3) is 0.250. The van der Waals surface area contributed by atoms with E-state index in [1.165, 1.54) is 30.2 Å². The van der Waals surface area contributed by atoms with Gasteiger partial charge in [0.15, 0.2) is 6.61 Å². The van der Waals surface area contributed by atoms with Crippen LogP contribution in [0.15, 0.2) is 42.5 Å². The number of hydrogen-bond acceptors (Lipinski definition) is 7. The maximum atomic E-state index is 12.3. The van der Waals surface area contributed by atoms with Crippen LogP contribution in [0.5, 0.6) is 5.75 Å². The molecule has 0 saturated carbocycles. The number of nitro benzene ring substituents is 1. The van der Waals surface area contributed by atoms with Crippen LogP contribution in [-0.2, 0) is 19.1 Å². The highest BCUT2D eigenvalue weighted by atomic mass is 35.5. The molecule has 31 heavy (non-hydrogen) atoms. The Kier molecular flexibility index (Phi) is 6.71. The molecule has 0 aromatic heterocycles. The molecule has 0 unspecified atom stereocenters. The number of methoxy groups -OCH3 is 1. The first kappa shape index (κ1) is 22.0. The standard InChI is InChI=1S/C20H18ClN3O7/c1-30-13-6-7-17(24(28)29)15(9-13)22-18(25)11-31-20(27)12-8-19(26)23(10-12)16-5-3-2-4-14(16)21/h2-7,9,12H,8,10-11H2,1H3,(H,22,25)/t12-/m0/s1. The molecule has 2 aromatic carbocycles. The molecule has 1 atom stereocenters. The Morgan fingerprint density at radius 2 is 2.03 bits per heavy atom. The highest BCUT2D eigenvalue weighted by Gasteiger charge is 2.37. The zero-order valence-corrected chi connectivity index (χ0v) is 17.1. The summed E-state index contributed by atoms with van der Waals surface area (Å²) in [6.45, 7) is -0.589. The van der Waals surface area contributed by atoms with Gasteiger partial charge in [0.1, 0.15) is 11.4 Å². The molecule has 3 rings (SSSR count). The summed E-state index contributed by atoms with van der Waals surface area (Å²) < 4.78 is 10.0. The molecular formula is C20H18ClN3O7. The number of halogens is 1. The van der Waals surface area contributed by atoms with Crippen molar-refractivity contribution in [2.24, 2.45) is 5.92 Å². The smallest absolute Gasteiger partial charge is 0.311 e. The number of esters is 1. The minimum Gasteiger partial charge on any atom is -0.497 e. The van der Waals surface area contributed by atoms with E-state index in [-0.39, 0.29) is 30.2 Å². The predicted octanol–water partition coefficient (Wildman–Crippen LogP) is 2.79. The van der Waals surface area contributed by atoms with Crippen molar-refractivity contribution in [2.75, 3.05) is 30.5 Å². The van der Waals surface area contributed by atoms with Crippen molar-refractivity contribution < 1.29 is 28.8 Å². The van der Waals surface area contributed by atoms with Gasteiger partial charge in [-0.3, -0.25) is 24.5 Å². The predicted molar refractivity (Wildman–Crippen MR) is 111 cm³/mol. The van der Waals surface area contributed by atoms with Crippen LogP contribution in [0.25, 0.3) is 0 Å². The lowest BCUT2D eigenvalue weighted by Crippen LogP contribution is -2.28. The van der Waals surface area contributed by atoms with Crippen LogP contribution in [0.1, 0.15) is 6.42 Å². The van der Waals surface area contributed by atoms with E-state index in [4.69, 9.17) is 21.1 Å². The average Bonchev–Trinajstić information content (AvgIpc) is 3.13. The van der Waals surface area contributed by atoms with Crippen molar-refractivity contribution in [2.45, 2.75) is 6.42 Å². The largest absolute Gasteiger partial charge is 0.497 e. The van der Waals surface area contributed by atoms with Gasteiger partial charge in [-0.05, 0) is 18.2 Å². The molecule has 2 aromatic rings. The lowest BCUT2D eigenvalue weighted by molar-refractivity contribution is -0.383. The molecule has 1 aliphatic heterocycles. The van der Waals surface area contributed by atoms with Gasteiger partial charge in [-0.1, -0.05) is 23.7 Å². The maximum absolute atomic E-state index is 12.3. The number of rotatable bonds is 7. The number of anilines is 2. The van der Waals surface area contributed by atoms with Crippen molar-refractivity contribution >= 4 is 46.4 Å². The lowest BCUT2D eigenvalue weighted by Gasteiger charge is -2.17. The van der Waals surface area contributed by atoms with E-state index in [0.29, 0.717) is 16.5 Å². The Hall–Kier alpha value is -3.66. The van der Waals surface area contributed by atoms with Gasteiger partial charge in [-0.25, -0.2) is 0 Å². The Morgan fingerprint density at radius 3 is 2.71 bits per heavy atom. The van der Waals surface area contributed by atoms with E-state index < -0.39 is 29.3 Å². The van der Waals surface area contributed by atoms with Gasteiger partial charge in [0.2, 0.25) is 5.91 Å². The Balaban J connectivity index is 1.59. The van der Waals surface area contributed by atoms with Gasteiger partial charge in [0.05, 0.1) is 28.7 Å². The van der Waals surface area contributed by atoms with Crippen LogP contribution >= 0.6 is 11.6 Å². The first-order chi connectivity index (χ1) is 14.8. The van der Waals surface area contributed by atoms with E-state index in [2.05, 4.69) is 5.32 Å². The number of nitro groups is 1. The maximum Gasteiger partial charge on any atom is 0.311 e.